The van der Waals surface area contributed by atoms with Gasteiger partial charge in [0.25, 0.3) is 5.91 Å². The van der Waals surface area contributed by atoms with E-state index in [0.717, 1.165) is 20.5 Å². The maximum absolute atomic E-state index is 12.5. The van der Waals surface area contributed by atoms with Crippen LogP contribution in [0.4, 0.5) is 4.79 Å². The molecule has 7 heteroatoms. The number of fused-ring (bicyclic) bond motifs is 1. The second kappa shape index (κ2) is 8.31. The summed E-state index contributed by atoms with van der Waals surface area (Å²) < 4.78 is 5.99. The molecule has 1 aromatic carbocycles. The lowest BCUT2D eigenvalue weighted by Gasteiger charge is -2.21. The molecule has 1 atom stereocenters. The van der Waals surface area contributed by atoms with Crippen LogP contribution in [0, 0.1) is 11.5 Å². The lowest BCUT2D eigenvalue weighted by atomic mass is 10.0. The van der Waals surface area contributed by atoms with Gasteiger partial charge in [0.05, 0.1) is 6.61 Å². The third-order valence-corrected chi connectivity index (χ3v) is 4.57. The molecule has 0 radical (unpaired) electrons. The Hall–Kier alpha value is -2.59. The second-order valence-electron chi connectivity index (χ2n) is 5.06. The van der Waals surface area contributed by atoms with Gasteiger partial charge in [0, 0.05) is 17.7 Å². The zero-order valence-corrected chi connectivity index (χ0v) is 14.4. The summed E-state index contributed by atoms with van der Waals surface area (Å²) in [4.78, 5) is 25.3. The Balaban J connectivity index is 2.26. The molecule has 2 amide bonds. The molecule has 2 aromatic rings. The van der Waals surface area contributed by atoms with Gasteiger partial charge in [-0.3, -0.25) is 4.79 Å². The average Bonchev–Trinajstić information content (AvgIpc) is 2.98. The van der Waals surface area contributed by atoms with Crippen molar-refractivity contribution < 1.29 is 14.3 Å². The fraction of sp³-hybridized carbons (Fsp3) is 0.353. The topological polar surface area (TPSA) is 82.4 Å². The Bertz CT molecular complexity index is 766. The summed E-state index contributed by atoms with van der Waals surface area (Å²) in [5.74, 6) is -0.441. The molecule has 0 aliphatic carbocycles. The van der Waals surface area contributed by atoms with Gasteiger partial charge in [-0.25, -0.2) is 9.69 Å². The van der Waals surface area contributed by atoms with Crippen molar-refractivity contribution in [1.82, 2.24) is 10.2 Å². The summed E-state index contributed by atoms with van der Waals surface area (Å²) in [6.45, 7) is 3.86. The maximum Gasteiger partial charge on any atom is 0.407 e. The van der Waals surface area contributed by atoms with Gasteiger partial charge in [-0.15, -0.1) is 11.3 Å². The van der Waals surface area contributed by atoms with Crippen LogP contribution < -0.4 is 5.32 Å². The number of likely N-dealkylation sites (N-methyl/N-ethyl adjacent to an activating group) is 1. The van der Waals surface area contributed by atoms with E-state index in [1.54, 1.807) is 25.2 Å². The SMILES string of the molecule is CCOC(=O)NC(Cc1csc2ccccc12)C(=O)N(C#N)CC. The highest BCUT2D eigenvalue weighted by Gasteiger charge is 2.27. The van der Waals surface area contributed by atoms with Crippen LogP contribution in [-0.2, 0) is 16.0 Å². The number of alkyl carbamates (subject to hydrolysis) is 1. The van der Waals surface area contributed by atoms with Crippen LogP contribution in [0.2, 0.25) is 0 Å². The van der Waals surface area contributed by atoms with Crippen molar-refractivity contribution in [2.75, 3.05) is 13.2 Å². The van der Waals surface area contributed by atoms with Crippen molar-refractivity contribution in [3.8, 4) is 6.19 Å². The molecule has 0 aliphatic rings. The first-order chi connectivity index (χ1) is 11.6. The maximum atomic E-state index is 12.5. The van der Waals surface area contributed by atoms with E-state index in [0.29, 0.717) is 6.42 Å². The zero-order valence-electron chi connectivity index (χ0n) is 13.6. The third kappa shape index (κ3) is 4.03. The Kier molecular flexibility index (Phi) is 6.15. The van der Waals surface area contributed by atoms with Crippen molar-refractivity contribution in [3.63, 3.8) is 0 Å². The van der Waals surface area contributed by atoms with Crippen molar-refractivity contribution in [3.05, 3.63) is 35.2 Å². The molecular formula is C17H19N3O3S. The minimum Gasteiger partial charge on any atom is -0.450 e. The number of amides is 2. The van der Waals surface area contributed by atoms with E-state index in [4.69, 9.17) is 10.00 Å². The monoisotopic (exact) mass is 345 g/mol. The fourth-order valence-corrected chi connectivity index (χ4v) is 3.37. The Morgan fingerprint density at radius 1 is 1.38 bits per heavy atom. The van der Waals surface area contributed by atoms with Crippen LogP contribution in [-0.4, -0.2) is 36.1 Å². The van der Waals surface area contributed by atoms with Gasteiger partial charge < -0.3 is 10.1 Å². The highest BCUT2D eigenvalue weighted by molar-refractivity contribution is 7.17. The summed E-state index contributed by atoms with van der Waals surface area (Å²) in [5.41, 5.74) is 0.958. The van der Waals surface area contributed by atoms with E-state index in [1.165, 1.54) is 0 Å². The molecule has 0 bridgehead atoms. The van der Waals surface area contributed by atoms with E-state index in [1.807, 2.05) is 35.8 Å². The number of benzene rings is 1. The number of hydrogen-bond acceptors (Lipinski definition) is 5. The number of nitrogens with one attached hydrogen (secondary N) is 1. The minimum absolute atomic E-state index is 0.212. The molecule has 126 valence electrons. The molecule has 2 rings (SSSR count). The van der Waals surface area contributed by atoms with Gasteiger partial charge >= 0.3 is 6.09 Å². The van der Waals surface area contributed by atoms with Crippen LogP contribution in [0.15, 0.2) is 29.6 Å². The Labute approximate surface area is 144 Å². The highest BCUT2D eigenvalue weighted by Crippen LogP contribution is 2.26. The molecule has 0 aliphatic heterocycles. The van der Waals surface area contributed by atoms with Crippen LogP contribution >= 0.6 is 11.3 Å². The van der Waals surface area contributed by atoms with Crippen LogP contribution in [0.25, 0.3) is 10.1 Å². The molecule has 1 N–H and O–H groups in total. The third-order valence-electron chi connectivity index (χ3n) is 3.55. The van der Waals surface area contributed by atoms with Crippen LogP contribution in [0.1, 0.15) is 19.4 Å². The molecule has 0 saturated heterocycles. The van der Waals surface area contributed by atoms with E-state index in [-0.39, 0.29) is 13.2 Å². The van der Waals surface area contributed by atoms with Crippen molar-refractivity contribution >= 4 is 33.4 Å². The van der Waals surface area contributed by atoms with E-state index in [2.05, 4.69) is 5.32 Å². The summed E-state index contributed by atoms with van der Waals surface area (Å²) in [7, 11) is 0. The molecule has 1 heterocycles. The zero-order chi connectivity index (χ0) is 17.5. The lowest BCUT2D eigenvalue weighted by molar-refractivity contribution is -0.130. The van der Waals surface area contributed by atoms with Crippen LogP contribution in [0.5, 0.6) is 0 Å². The Morgan fingerprint density at radius 3 is 2.79 bits per heavy atom. The predicted octanol–water partition coefficient (Wildman–Crippen LogP) is 2.89. The van der Waals surface area contributed by atoms with E-state index >= 15 is 0 Å². The Morgan fingerprint density at radius 2 is 2.12 bits per heavy atom. The summed E-state index contributed by atoms with van der Waals surface area (Å²) >= 11 is 1.58. The van der Waals surface area contributed by atoms with Crippen molar-refractivity contribution in [2.45, 2.75) is 26.3 Å². The number of carbonyl (C=O) groups excluding carboxylic acids is 2. The molecule has 0 fully saturated rings. The van der Waals surface area contributed by atoms with Gasteiger partial charge in [0.1, 0.15) is 6.04 Å². The normalized spacial score (nSPS) is 11.5. The van der Waals surface area contributed by atoms with Crippen molar-refractivity contribution in [2.24, 2.45) is 0 Å². The standard InChI is InChI=1S/C17H19N3O3S/c1-3-20(11-18)16(21)14(19-17(22)23-4-2)9-12-10-24-15-8-6-5-7-13(12)15/h5-8,10,14H,3-4,9H2,1-2H3,(H,19,22). The number of nitriles is 1. The first-order valence-corrected chi connectivity index (χ1v) is 8.58. The predicted molar refractivity (Wildman–Crippen MR) is 92.5 cm³/mol. The summed E-state index contributed by atoms with van der Waals surface area (Å²) in [6.07, 6.45) is 1.49. The smallest absolute Gasteiger partial charge is 0.407 e. The summed E-state index contributed by atoms with van der Waals surface area (Å²) in [5, 5.41) is 14.7. The number of hydrogen-bond donors (Lipinski definition) is 1. The second-order valence-corrected chi connectivity index (χ2v) is 5.97. The van der Waals surface area contributed by atoms with Gasteiger partial charge in [0.15, 0.2) is 6.19 Å². The van der Waals surface area contributed by atoms with Gasteiger partial charge in [-0.05, 0) is 36.2 Å². The molecule has 0 saturated carbocycles. The molecule has 24 heavy (non-hydrogen) atoms. The molecule has 0 spiro atoms. The number of carbonyl (C=O) groups is 2. The van der Waals surface area contributed by atoms with Gasteiger partial charge in [0.2, 0.25) is 0 Å². The summed E-state index contributed by atoms with van der Waals surface area (Å²) in [6, 6.07) is 7.03. The van der Waals surface area contributed by atoms with E-state index in [9.17, 15) is 9.59 Å². The first kappa shape index (κ1) is 17.8. The highest BCUT2D eigenvalue weighted by atomic mass is 32.1. The minimum atomic E-state index is -0.846. The van der Waals surface area contributed by atoms with Gasteiger partial charge in [-0.2, -0.15) is 5.26 Å². The molecule has 6 nitrogen and oxygen atoms in total. The molecular weight excluding hydrogens is 326 g/mol. The van der Waals surface area contributed by atoms with Gasteiger partial charge in [-0.1, -0.05) is 18.2 Å². The average molecular weight is 345 g/mol. The van der Waals surface area contributed by atoms with Crippen molar-refractivity contribution in [1.29, 1.82) is 5.26 Å². The molecule has 1 unspecified atom stereocenters. The largest absolute Gasteiger partial charge is 0.450 e. The van der Waals surface area contributed by atoms with Crippen LogP contribution in [0.3, 0.4) is 0 Å². The lowest BCUT2D eigenvalue weighted by Crippen LogP contribution is -2.48. The number of ether oxygens (including phenoxy) is 1. The first-order valence-electron chi connectivity index (χ1n) is 7.70. The number of thiophene rings is 1. The van der Waals surface area contributed by atoms with E-state index < -0.39 is 18.0 Å². The number of rotatable bonds is 6. The quantitative estimate of drug-likeness (QED) is 0.645. The number of nitrogens with zero attached hydrogens (tertiary/aromatic N) is 2. The fourth-order valence-electron chi connectivity index (χ4n) is 2.39. The molecule has 1 aromatic heterocycles.